The van der Waals surface area contributed by atoms with Crippen LogP contribution in [0.15, 0.2) is 91.4 Å². The van der Waals surface area contributed by atoms with Gasteiger partial charge in [-0.15, -0.1) is 0 Å². The molecule has 13 rings (SSSR count). The molecule has 5 N–H and O–H groups in total. The van der Waals surface area contributed by atoms with Gasteiger partial charge in [-0.25, -0.2) is 94.0 Å². The Labute approximate surface area is 626 Å². The van der Waals surface area contributed by atoms with Gasteiger partial charge in [0, 0.05) is 102 Å². The van der Waals surface area contributed by atoms with Gasteiger partial charge in [0.1, 0.15) is 69.8 Å². The maximum Gasteiger partial charge on any atom is 0.408 e. The molecule has 1 aliphatic carbocycles. The quantitative estimate of drug-likeness (QED) is 0.0501. The lowest BCUT2D eigenvalue weighted by molar-refractivity contribution is -0.146. The number of amides is 2. The van der Waals surface area contributed by atoms with E-state index in [0.717, 1.165) is 24.6 Å². The van der Waals surface area contributed by atoms with Crippen molar-refractivity contribution in [2.45, 2.75) is 162 Å². The molecule has 9 aromatic rings. The predicted octanol–water partition coefficient (Wildman–Crippen LogP) is 17.1. The average Bonchev–Trinajstić information content (AvgIpc) is 1.53. The van der Waals surface area contributed by atoms with Crippen LogP contribution < -0.4 is 30.7 Å². The number of aromatic nitrogens is 9. The SMILES string of the molecule is Cc1nc(N[C@H](C)c2cccc(C(F)F)c2F)c2cc(N3CC4CC4(N(C(=O)O)C(C)(C)C)C3)ncc2n1.Cc1nc(N[C@H](C)c2cccc(C(F)F)c2F)c2cc(N3CCN(CC(F)(F)F)CC3)ncc2n1.Cc1nc(N[C@H](C)c2cccc(C(F)F)c2F)c2cc(N3CC[C@@H](N(C(=O)O)C(C)(C)C)C3)ncc2n1. The van der Waals surface area contributed by atoms with E-state index in [1.54, 1.807) is 71.1 Å². The number of nitrogens with one attached hydrogen (secondary N) is 3. The molecule has 3 aliphatic heterocycles. The molecular formula is C76H86F12N18O4. The average molecular weight is 1540 g/mol. The Morgan fingerprint density at radius 1 is 0.518 bits per heavy atom. The van der Waals surface area contributed by atoms with E-state index in [1.807, 2.05) is 63.5 Å². The second kappa shape index (κ2) is 31.9. The number of benzene rings is 3. The first kappa shape index (κ1) is 80.6. The van der Waals surface area contributed by atoms with Crippen LogP contribution in [0.3, 0.4) is 0 Å². The van der Waals surface area contributed by atoms with Crippen molar-refractivity contribution >= 4 is 79.8 Å². The molecular weight excluding hydrogens is 1460 g/mol. The number of pyridine rings is 3. The number of hydrogen-bond acceptors (Lipinski definition) is 18. The van der Waals surface area contributed by atoms with Gasteiger partial charge in [0.2, 0.25) is 0 Å². The number of carbonyl (C=O) groups is 2. The summed E-state index contributed by atoms with van der Waals surface area (Å²) in [7, 11) is 0. The van der Waals surface area contributed by atoms with Crippen LogP contribution in [0.2, 0.25) is 0 Å². The third-order valence-electron chi connectivity index (χ3n) is 20.0. The van der Waals surface area contributed by atoms with Crippen LogP contribution in [-0.4, -0.2) is 170 Å². The van der Waals surface area contributed by atoms with Gasteiger partial charge in [-0.3, -0.25) is 14.7 Å². The summed E-state index contributed by atoms with van der Waals surface area (Å²) in [5, 5.41) is 31.0. The monoisotopic (exact) mass is 1540 g/mol. The molecule has 3 aromatic carbocycles. The molecule has 22 nitrogen and oxygen atoms in total. The first-order valence-electron chi connectivity index (χ1n) is 35.7. The Balaban J connectivity index is 0.000000164. The van der Waals surface area contributed by atoms with Gasteiger partial charge in [-0.05, 0) is 114 Å². The normalized spacial score (nSPS) is 18.3. The van der Waals surface area contributed by atoms with Gasteiger partial charge >= 0.3 is 18.4 Å². The van der Waals surface area contributed by atoms with Gasteiger partial charge in [0.25, 0.3) is 19.3 Å². The lowest BCUT2D eigenvalue weighted by Gasteiger charge is -2.40. The van der Waals surface area contributed by atoms with E-state index in [0.29, 0.717) is 131 Å². The summed E-state index contributed by atoms with van der Waals surface area (Å²) in [6.07, 6.45) is -8.60. The molecule has 588 valence electrons. The summed E-state index contributed by atoms with van der Waals surface area (Å²) >= 11 is 0. The molecule has 6 aromatic heterocycles. The summed E-state index contributed by atoms with van der Waals surface area (Å²) in [5.41, 5.74) is -1.52. The molecule has 9 heterocycles. The van der Waals surface area contributed by atoms with Crippen molar-refractivity contribution in [3.05, 3.63) is 160 Å². The van der Waals surface area contributed by atoms with Crippen molar-refractivity contribution in [1.29, 1.82) is 0 Å². The van der Waals surface area contributed by atoms with E-state index in [-0.39, 0.29) is 41.7 Å². The molecule has 0 spiro atoms. The Kier molecular flexibility index (Phi) is 23.4. The number of nitrogens with zero attached hydrogens (tertiary/aromatic N) is 15. The zero-order valence-corrected chi connectivity index (χ0v) is 62.5. The number of alkyl halides is 9. The molecule has 4 aliphatic rings. The minimum Gasteiger partial charge on any atom is -0.465 e. The molecule has 110 heavy (non-hydrogen) atoms. The Morgan fingerprint density at radius 2 is 0.891 bits per heavy atom. The van der Waals surface area contributed by atoms with Gasteiger partial charge in [-0.1, -0.05) is 54.6 Å². The highest BCUT2D eigenvalue weighted by Crippen LogP contribution is 2.57. The van der Waals surface area contributed by atoms with Gasteiger partial charge < -0.3 is 40.9 Å². The van der Waals surface area contributed by atoms with Crippen molar-refractivity contribution in [2.24, 2.45) is 5.92 Å². The molecule has 34 heteroatoms. The molecule has 6 atom stereocenters. The Bertz CT molecular complexity index is 4870. The zero-order valence-electron chi connectivity index (χ0n) is 62.5. The third-order valence-corrected chi connectivity index (χ3v) is 20.0. The summed E-state index contributed by atoms with van der Waals surface area (Å²) in [6, 6.07) is 15.0. The van der Waals surface area contributed by atoms with E-state index in [2.05, 4.69) is 65.7 Å². The van der Waals surface area contributed by atoms with Crippen molar-refractivity contribution in [3.8, 4) is 0 Å². The molecule has 0 bridgehead atoms. The Hall–Kier alpha value is -10.4. The van der Waals surface area contributed by atoms with Crippen LogP contribution in [-0.2, 0) is 0 Å². The lowest BCUT2D eigenvalue weighted by Crippen LogP contribution is -2.55. The number of carboxylic acid groups (broad SMARTS) is 2. The molecule has 2 unspecified atom stereocenters. The van der Waals surface area contributed by atoms with Crippen molar-refractivity contribution < 1.29 is 72.5 Å². The highest BCUT2D eigenvalue weighted by atomic mass is 19.4. The fourth-order valence-electron chi connectivity index (χ4n) is 15.0. The highest BCUT2D eigenvalue weighted by molar-refractivity contribution is 5.93. The van der Waals surface area contributed by atoms with Gasteiger partial charge in [-0.2, -0.15) is 13.2 Å². The largest absolute Gasteiger partial charge is 0.465 e. The smallest absolute Gasteiger partial charge is 0.408 e. The minimum absolute atomic E-state index is 0.0716. The molecule has 4 fully saturated rings. The highest BCUT2D eigenvalue weighted by Gasteiger charge is 2.67. The van der Waals surface area contributed by atoms with Crippen LogP contribution in [0.5, 0.6) is 0 Å². The summed E-state index contributed by atoms with van der Waals surface area (Å²) in [6.45, 7) is 24.0. The van der Waals surface area contributed by atoms with E-state index in [9.17, 15) is 72.5 Å². The van der Waals surface area contributed by atoms with Crippen molar-refractivity contribution in [3.63, 3.8) is 0 Å². The number of hydrogen-bond donors (Lipinski definition) is 5. The van der Waals surface area contributed by atoms with Crippen LogP contribution in [0.25, 0.3) is 32.7 Å². The van der Waals surface area contributed by atoms with Crippen LogP contribution in [0.4, 0.5) is 97.2 Å². The Morgan fingerprint density at radius 3 is 1.24 bits per heavy atom. The number of aryl methyl sites for hydroxylation is 3. The molecule has 3 saturated heterocycles. The van der Waals surface area contributed by atoms with Crippen molar-refractivity contribution in [2.75, 3.05) is 89.6 Å². The molecule has 1 saturated carbocycles. The minimum atomic E-state index is -4.25. The van der Waals surface area contributed by atoms with Crippen LogP contribution in [0, 0.1) is 44.1 Å². The number of fused-ring (bicyclic) bond motifs is 4. The fraction of sp³-hybridized carbons (Fsp3) is 0.461. The second-order valence-corrected chi connectivity index (χ2v) is 30.1. The van der Waals surface area contributed by atoms with E-state index in [4.69, 9.17) is 0 Å². The number of halogens is 12. The topological polar surface area (TPSA) is 246 Å². The molecule has 2 amide bonds. The summed E-state index contributed by atoms with van der Waals surface area (Å²) < 4.78 is 161. The van der Waals surface area contributed by atoms with E-state index < -0.39 is 113 Å². The van der Waals surface area contributed by atoms with Crippen LogP contribution in [0.1, 0.15) is 163 Å². The van der Waals surface area contributed by atoms with Gasteiger partial charge in [0.05, 0.1) is 88.1 Å². The number of anilines is 6. The van der Waals surface area contributed by atoms with E-state index >= 15 is 0 Å². The molecule has 0 radical (unpaired) electrons. The van der Waals surface area contributed by atoms with E-state index in [1.165, 1.54) is 46.2 Å². The second-order valence-electron chi connectivity index (χ2n) is 30.1. The maximum absolute atomic E-state index is 14.8. The van der Waals surface area contributed by atoms with Gasteiger partial charge in [0.15, 0.2) is 0 Å². The third kappa shape index (κ3) is 17.7. The standard InChI is InChI=1S/C27H31F3N6O2.C26H31F3N6O2.C23H24F6N6/c1-14(17-7-6-8-18(22(17)28)23(29)30)32-24-19-9-21(31-11-20(19)33-15(2)34-24)35-12-16-10-27(16,13-35)36(25(37)38)26(3,4)5;1-14(17-7-6-8-18(22(17)27)23(28)29)31-24-19-11-21(30-12-20(19)32-15(2)33-24)34-10-9-16(13-34)35(25(36)37)26(3,4)5;1-13(15-4-3-5-16(20(15)24)21(25)26)31-22-17-10-19(30-11-18(17)32-14(2)33-22)35-8-6-34(7-9-35)12-23(27,28)29/h6-9,11,14,16,23H,10,12-13H2,1-5H3,(H,37,38)(H,32,33,34);6-8,11-12,14,16,23H,9-10,13H2,1-5H3,(H,36,37)(H,31,32,33);3-5,10-11,13,21H,6-9,12H2,1-2H3,(H,31,32,33)/t14-,16?,27?;14-,16-;13-/m111/s1. The maximum atomic E-state index is 14.8. The fourth-order valence-corrected chi connectivity index (χ4v) is 15.0. The first-order valence-corrected chi connectivity index (χ1v) is 35.7. The van der Waals surface area contributed by atoms with Crippen LogP contribution >= 0.6 is 0 Å². The first-order chi connectivity index (χ1) is 51.7. The lowest BCUT2D eigenvalue weighted by atomic mass is 10.0. The predicted molar refractivity (Wildman–Crippen MR) is 394 cm³/mol. The number of rotatable bonds is 18. The number of piperidine rings is 1. The van der Waals surface area contributed by atoms with Crippen molar-refractivity contribution in [1.82, 2.24) is 59.6 Å². The zero-order chi connectivity index (χ0) is 80.0. The number of piperazine rings is 1. The summed E-state index contributed by atoms with van der Waals surface area (Å²) in [5.74, 6) is 1.84. The summed E-state index contributed by atoms with van der Waals surface area (Å²) in [4.78, 5) is 74.8.